The molecule has 5 heteroatoms. The number of hydrogen-bond donors (Lipinski definition) is 2. The van der Waals surface area contributed by atoms with Gasteiger partial charge in [-0.1, -0.05) is 11.6 Å². The minimum Gasteiger partial charge on any atom is -0.390 e. The lowest BCUT2D eigenvalue weighted by molar-refractivity contribution is 0.00651. The first-order valence-electron chi connectivity index (χ1n) is 6.19. The predicted octanol–water partition coefficient (Wildman–Crippen LogP) is 1.41. The van der Waals surface area contributed by atoms with E-state index in [9.17, 15) is 5.11 Å². The number of halogens is 1. The van der Waals surface area contributed by atoms with Crippen molar-refractivity contribution >= 4 is 11.6 Å². The molecule has 1 saturated heterocycles. The molecule has 1 aliphatic rings. The highest BCUT2D eigenvalue weighted by atomic mass is 35.5. The summed E-state index contributed by atoms with van der Waals surface area (Å²) < 4.78 is 5.39. The summed E-state index contributed by atoms with van der Waals surface area (Å²) in [6.45, 7) is 4.08. The lowest BCUT2D eigenvalue weighted by atomic mass is 9.90. The molecule has 1 aromatic rings. The molecule has 2 heterocycles. The van der Waals surface area contributed by atoms with E-state index in [0.29, 0.717) is 24.5 Å². The van der Waals surface area contributed by atoms with Crippen molar-refractivity contribution in [3.05, 3.63) is 29.0 Å². The third kappa shape index (κ3) is 3.92. The highest BCUT2D eigenvalue weighted by molar-refractivity contribution is 6.31. The minimum absolute atomic E-state index is 0.203. The fraction of sp³-hybridized carbons (Fsp3) is 0.615. The van der Waals surface area contributed by atoms with Gasteiger partial charge in [0.2, 0.25) is 0 Å². The molecule has 0 amide bonds. The average molecular weight is 271 g/mol. The normalized spacial score (nSPS) is 23.6. The minimum atomic E-state index is -0.802. The van der Waals surface area contributed by atoms with Gasteiger partial charge in [-0.05, 0) is 25.0 Å². The zero-order valence-electron chi connectivity index (χ0n) is 10.5. The molecule has 100 valence electrons. The number of nitrogens with one attached hydrogen (secondary N) is 1. The maximum atomic E-state index is 10.5. The number of ether oxygens (including phenoxy) is 1. The molecular weight excluding hydrogens is 252 g/mol. The van der Waals surface area contributed by atoms with E-state index in [1.807, 2.05) is 13.0 Å². The monoisotopic (exact) mass is 270 g/mol. The number of morpholine rings is 1. The molecular formula is C13H19ClN2O2. The van der Waals surface area contributed by atoms with E-state index in [0.717, 1.165) is 18.7 Å². The number of hydrogen-bond acceptors (Lipinski definition) is 4. The van der Waals surface area contributed by atoms with E-state index in [-0.39, 0.29) is 6.04 Å². The van der Waals surface area contributed by atoms with E-state index >= 15 is 0 Å². The third-order valence-electron chi connectivity index (χ3n) is 3.11. The van der Waals surface area contributed by atoms with Crippen LogP contribution in [0.25, 0.3) is 0 Å². The molecule has 2 N–H and O–H groups in total. The number of aliphatic hydroxyl groups is 1. The average Bonchev–Trinajstić information content (AvgIpc) is 2.32. The summed E-state index contributed by atoms with van der Waals surface area (Å²) in [5, 5.41) is 14.4. The quantitative estimate of drug-likeness (QED) is 0.869. The van der Waals surface area contributed by atoms with Crippen LogP contribution in [-0.4, -0.2) is 41.5 Å². The maximum absolute atomic E-state index is 10.5. The number of nitrogens with zero attached hydrogens (tertiary/aromatic N) is 1. The number of pyridine rings is 1. The van der Waals surface area contributed by atoms with Gasteiger partial charge in [-0.25, -0.2) is 0 Å². The van der Waals surface area contributed by atoms with E-state index in [1.54, 1.807) is 12.4 Å². The second-order valence-electron chi connectivity index (χ2n) is 5.07. The fourth-order valence-corrected chi connectivity index (χ4v) is 2.50. The van der Waals surface area contributed by atoms with E-state index in [1.165, 1.54) is 0 Å². The van der Waals surface area contributed by atoms with Gasteiger partial charge < -0.3 is 15.2 Å². The van der Waals surface area contributed by atoms with Gasteiger partial charge in [0.15, 0.2) is 0 Å². The molecule has 1 aromatic heterocycles. The third-order valence-corrected chi connectivity index (χ3v) is 3.45. The van der Waals surface area contributed by atoms with Crippen LogP contribution in [0, 0.1) is 0 Å². The van der Waals surface area contributed by atoms with Crippen molar-refractivity contribution in [2.24, 2.45) is 0 Å². The van der Waals surface area contributed by atoms with Gasteiger partial charge in [-0.15, -0.1) is 0 Å². The van der Waals surface area contributed by atoms with Gasteiger partial charge in [0.1, 0.15) is 0 Å². The Balaban J connectivity index is 1.96. The Kier molecular flexibility index (Phi) is 4.56. The maximum Gasteiger partial charge on any atom is 0.0676 e. The van der Waals surface area contributed by atoms with E-state index < -0.39 is 5.60 Å². The first-order valence-corrected chi connectivity index (χ1v) is 6.56. The van der Waals surface area contributed by atoms with Crippen molar-refractivity contribution in [3.8, 4) is 0 Å². The molecule has 0 aromatic carbocycles. The SMILES string of the molecule is CC(O)(Cc1ccncc1Cl)CC1COCCN1. The summed E-state index contributed by atoms with van der Waals surface area (Å²) in [6, 6.07) is 2.05. The Morgan fingerprint density at radius 3 is 3.17 bits per heavy atom. The van der Waals surface area contributed by atoms with Crippen molar-refractivity contribution in [2.45, 2.75) is 31.4 Å². The van der Waals surface area contributed by atoms with Crippen molar-refractivity contribution < 1.29 is 9.84 Å². The molecule has 0 spiro atoms. The Hall–Kier alpha value is -0.680. The largest absolute Gasteiger partial charge is 0.390 e. The molecule has 4 nitrogen and oxygen atoms in total. The molecule has 1 fully saturated rings. The van der Waals surface area contributed by atoms with Crippen LogP contribution >= 0.6 is 11.6 Å². The molecule has 2 atom stereocenters. The molecule has 0 saturated carbocycles. The highest BCUT2D eigenvalue weighted by Gasteiger charge is 2.27. The van der Waals surface area contributed by atoms with Crippen molar-refractivity contribution in [3.63, 3.8) is 0 Å². The Morgan fingerprint density at radius 1 is 1.67 bits per heavy atom. The van der Waals surface area contributed by atoms with Gasteiger partial charge in [-0.2, -0.15) is 0 Å². The zero-order chi connectivity index (χ0) is 13.0. The van der Waals surface area contributed by atoms with Gasteiger partial charge in [0.05, 0.1) is 23.8 Å². The lowest BCUT2D eigenvalue weighted by Gasteiger charge is -2.31. The van der Waals surface area contributed by atoms with Crippen molar-refractivity contribution in [1.29, 1.82) is 0 Å². The molecule has 0 radical (unpaired) electrons. The van der Waals surface area contributed by atoms with Crippen LogP contribution < -0.4 is 5.32 Å². The van der Waals surface area contributed by atoms with Crippen LogP contribution in [0.2, 0.25) is 5.02 Å². The van der Waals surface area contributed by atoms with Gasteiger partial charge in [-0.3, -0.25) is 4.98 Å². The Morgan fingerprint density at radius 2 is 2.50 bits per heavy atom. The predicted molar refractivity (Wildman–Crippen MR) is 70.8 cm³/mol. The summed E-state index contributed by atoms with van der Waals surface area (Å²) in [5.41, 5.74) is 0.122. The van der Waals surface area contributed by atoms with Gasteiger partial charge >= 0.3 is 0 Å². The Bertz CT molecular complexity index is 392. The second-order valence-corrected chi connectivity index (χ2v) is 5.48. The Labute approximate surface area is 112 Å². The number of aromatic nitrogens is 1. The summed E-state index contributed by atoms with van der Waals surface area (Å²) in [6.07, 6.45) is 4.46. The van der Waals surface area contributed by atoms with Crippen LogP contribution in [0.5, 0.6) is 0 Å². The summed E-state index contributed by atoms with van der Waals surface area (Å²) in [7, 11) is 0. The smallest absolute Gasteiger partial charge is 0.0676 e. The van der Waals surface area contributed by atoms with Crippen LogP contribution in [-0.2, 0) is 11.2 Å². The number of rotatable bonds is 4. The molecule has 18 heavy (non-hydrogen) atoms. The van der Waals surface area contributed by atoms with Gasteiger partial charge in [0.25, 0.3) is 0 Å². The van der Waals surface area contributed by atoms with Crippen LogP contribution in [0.4, 0.5) is 0 Å². The van der Waals surface area contributed by atoms with E-state index in [4.69, 9.17) is 16.3 Å². The second kappa shape index (κ2) is 5.97. The summed E-state index contributed by atoms with van der Waals surface area (Å²) in [4.78, 5) is 3.94. The van der Waals surface area contributed by atoms with Crippen LogP contribution in [0.1, 0.15) is 18.9 Å². The van der Waals surface area contributed by atoms with Crippen molar-refractivity contribution in [2.75, 3.05) is 19.8 Å². The molecule has 1 aliphatic heterocycles. The summed E-state index contributed by atoms with van der Waals surface area (Å²) >= 11 is 6.06. The van der Waals surface area contributed by atoms with Crippen LogP contribution in [0.15, 0.2) is 18.5 Å². The molecule has 0 bridgehead atoms. The van der Waals surface area contributed by atoms with Crippen molar-refractivity contribution in [1.82, 2.24) is 10.3 Å². The fourth-order valence-electron chi connectivity index (χ4n) is 2.31. The summed E-state index contributed by atoms with van der Waals surface area (Å²) in [5.74, 6) is 0. The standard InChI is InChI=1S/C13H19ClN2O2/c1-13(17,7-11-9-18-5-4-16-11)6-10-2-3-15-8-12(10)14/h2-3,8,11,16-17H,4-7,9H2,1H3. The lowest BCUT2D eigenvalue weighted by Crippen LogP contribution is -2.46. The van der Waals surface area contributed by atoms with Gasteiger partial charge in [0, 0.05) is 31.4 Å². The first kappa shape index (κ1) is 13.7. The topological polar surface area (TPSA) is 54.4 Å². The molecule has 2 unspecified atom stereocenters. The first-order chi connectivity index (χ1) is 8.57. The molecule has 2 rings (SSSR count). The zero-order valence-corrected chi connectivity index (χ0v) is 11.3. The van der Waals surface area contributed by atoms with E-state index in [2.05, 4.69) is 10.3 Å². The highest BCUT2D eigenvalue weighted by Crippen LogP contribution is 2.23. The van der Waals surface area contributed by atoms with Crippen LogP contribution in [0.3, 0.4) is 0 Å². The molecule has 0 aliphatic carbocycles.